The molecule has 2 heterocycles. The number of hydrogen-bond acceptors (Lipinski definition) is 9. The van der Waals surface area contributed by atoms with E-state index in [4.69, 9.17) is 24.7 Å². The highest BCUT2D eigenvalue weighted by atomic mass is 32.1. The first-order chi connectivity index (χ1) is 17.9. The number of nitrogens with two attached hydrogens (primary N) is 1. The van der Waals surface area contributed by atoms with E-state index in [0.717, 1.165) is 15.9 Å². The summed E-state index contributed by atoms with van der Waals surface area (Å²) in [5, 5.41) is 0. The van der Waals surface area contributed by atoms with Crippen LogP contribution in [0.15, 0.2) is 58.9 Å². The van der Waals surface area contributed by atoms with Gasteiger partial charge in [0.25, 0.3) is 5.56 Å². The minimum Gasteiger partial charge on any atom is -0.496 e. The third kappa shape index (κ3) is 4.51. The van der Waals surface area contributed by atoms with E-state index >= 15 is 0 Å². The second-order valence-corrected chi connectivity index (χ2v) is 8.93. The van der Waals surface area contributed by atoms with Gasteiger partial charge in [-0.2, -0.15) is 0 Å². The van der Waals surface area contributed by atoms with Crippen molar-refractivity contribution in [2.75, 3.05) is 27.9 Å². The molecule has 1 atom stereocenters. The van der Waals surface area contributed by atoms with E-state index in [0.29, 0.717) is 22.6 Å². The summed E-state index contributed by atoms with van der Waals surface area (Å²) >= 11 is 1.06. The van der Waals surface area contributed by atoms with E-state index in [9.17, 15) is 14.4 Å². The Morgan fingerprint density at radius 3 is 2.27 bits per heavy atom. The van der Waals surface area contributed by atoms with E-state index < -0.39 is 23.4 Å². The monoisotopic (exact) mass is 522 g/mol. The summed E-state index contributed by atoms with van der Waals surface area (Å²) in [7, 11) is 4.25. The Labute approximate surface area is 216 Å². The van der Waals surface area contributed by atoms with Crippen molar-refractivity contribution in [1.82, 2.24) is 4.57 Å². The Morgan fingerprint density at radius 2 is 1.62 bits per heavy atom. The fourth-order valence-corrected chi connectivity index (χ4v) is 5.46. The van der Waals surface area contributed by atoms with E-state index in [2.05, 4.69) is 0 Å². The maximum Gasteiger partial charge on any atom is 0.338 e. The number of rotatable bonds is 7. The summed E-state index contributed by atoms with van der Waals surface area (Å²) < 4.78 is 23.1. The van der Waals surface area contributed by atoms with E-state index in [-0.39, 0.29) is 32.8 Å². The average molecular weight is 523 g/mol. The van der Waals surface area contributed by atoms with Gasteiger partial charge in [0.2, 0.25) is 0 Å². The molecule has 37 heavy (non-hydrogen) atoms. The molecule has 0 fully saturated rings. The fourth-order valence-electron chi connectivity index (χ4n) is 4.31. The zero-order valence-electron chi connectivity index (χ0n) is 20.8. The Hall–Kier alpha value is -4.31. The normalized spacial score (nSPS) is 15.3. The Bertz CT molecular complexity index is 1580. The van der Waals surface area contributed by atoms with Crippen LogP contribution in [0.25, 0.3) is 17.5 Å². The van der Waals surface area contributed by atoms with Crippen LogP contribution in [0.1, 0.15) is 24.0 Å². The van der Waals surface area contributed by atoms with Crippen LogP contribution < -0.4 is 30.0 Å². The average Bonchev–Trinajstić information content (AvgIpc) is 3.24. The number of benzene rings is 2. The van der Waals surface area contributed by atoms with Gasteiger partial charge in [-0.05, 0) is 25.1 Å². The zero-order chi connectivity index (χ0) is 26.7. The molecule has 0 saturated carbocycles. The van der Waals surface area contributed by atoms with Gasteiger partial charge in [-0.15, -0.1) is 11.3 Å². The number of para-hydroxylation sites is 2. The summed E-state index contributed by atoms with van der Waals surface area (Å²) in [6.07, 6.45) is 1.65. The van der Waals surface area contributed by atoms with E-state index in [1.165, 1.54) is 21.3 Å². The molecule has 2 N–H and O–H groups in total. The van der Waals surface area contributed by atoms with Gasteiger partial charge < -0.3 is 24.7 Å². The number of carbonyl (C=O) groups is 2. The number of fused-ring (bicyclic) bond motifs is 1. The maximum absolute atomic E-state index is 13.6. The number of ether oxygens (including phenoxy) is 4. The summed E-state index contributed by atoms with van der Waals surface area (Å²) in [4.78, 5) is 40.1. The summed E-state index contributed by atoms with van der Waals surface area (Å²) in [6, 6.07) is 14.2. The van der Waals surface area contributed by atoms with Crippen molar-refractivity contribution >= 4 is 40.7 Å². The van der Waals surface area contributed by atoms with Gasteiger partial charge in [-0.1, -0.05) is 36.4 Å². The van der Waals surface area contributed by atoms with Crippen LogP contribution in [0.4, 0.5) is 0 Å². The number of carbonyl (C=O) groups excluding carboxylic acids is 2. The zero-order valence-corrected chi connectivity index (χ0v) is 21.6. The molecule has 1 aliphatic rings. The second-order valence-electron chi connectivity index (χ2n) is 7.90. The van der Waals surface area contributed by atoms with Crippen LogP contribution in [0.3, 0.4) is 0 Å². The molecule has 3 aromatic rings. The van der Waals surface area contributed by atoms with Crippen molar-refractivity contribution in [2.24, 2.45) is 5.73 Å². The third-order valence-electron chi connectivity index (χ3n) is 5.92. The summed E-state index contributed by atoms with van der Waals surface area (Å²) in [5.41, 5.74) is 7.20. The highest BCUT2D eigenvalue weighted by molar-refractivity contribution is 7.07. The Morgan fingerprint density at radius 1 is 0.973 bits per heavy atom. The lowest BCUT2D eigenvalue weighted by Crippen LogP contribution is -2.41. The predicted molar refractivity (Wildman–Crippen MR) is 140 cm³/mol. The summed E-state index contributed by atoms with van der Waals surface area (Å²) in [5.74, 6) is -1.60. The molecule has 2 aromatic carbocycles. The van der Waals surface area contributed by atoms with Gasteiger partial charge in [-0.25, -0.2) is 9.59 Å². The lowest BCUT2D eigenvalue weighted by atomic mass is 9.82. The lowest BCUT2D eigenvalue weighted by molar-refractivity contribution is -0.138. The number of methoxy groups -OCH3 is 3. The largest absolute Gasteiger partial charge is 0.496 e. The second kappa shape index (κ2) is 10.8. The first kappa shape index (κ1) is 25.8. The fraction of sp³-hybridized carbons (Fsp3) is 0.222. The van der Waals surface area contributed by atoms with Crippen molar-refractivity contribution in [3.63, 3.8) is 0 Å². The number of hydrogen-bond donors (Lipinski definition) is 1. The smallest absolute Gasteiger partial charge is 0.338 e. The molecule has 4 rings (SSSR count). The molecule has 1 aromatic heterocycles. The van der Waals surface area contributed by atoms with Crippen molar-refractivity contribution in [3.05, 3.63) is 84.8 Å². The number of nitrogens with zero attached hydrogens (tertiary/aromatic N) is 1. The minimum atomic E-state index is -1.00. The number of esters is 2. The van der Waals surface area contributed by atoms with Gasteiger partial charge in [0.15, 0.2) is 0 Å². The van der Waals surface area contributed by atoms with Crippen LogP contribution in [-0.2, 0) is 19.1 Å². The van der Waals surface area contributed by atoms with E-state index in [1.54, 1.807) is 49.4 Å². The first-order valence-corrected chi connectivity index (χ1v) is 12.2. The van der Waals surface area contributed by atoms with Crippen LogP contribution >= 0.6 is 11.3 Å². The van der Waals surface area contributed by atoms with Crippen molar-refractivity contribution in [3.8, 4) is 11.5 Å². The Kier molecular flexibility index (Phi) is 7.49. The lowest BCUT2D eigenvalue weighted by Gasteiger charge is -2.27. The standard InChI is InChI=1S/C27H26N2O7S/c1-5-36-27(32)21-20(16-11-7-9-13-18(16)34-3)22(26(31)35-4)25-29(23(21)28)24(30)19(37-25)14-15-10-6-8-12-17(15)33-2/h6-14,20H,5,28H2,1-4H3/b19-14-/t20-/m1/s1. The molecule has 10 heteroatoms. The molecule has 0 radical (unpaired) electrons. The maximum atomic E-state index is 13.6. The molecule has 9 nitrogen and oxygen atoms in total. The molecular weight excluding hydrogens is 496 g/mol. The van der Waals surface area contributed by atoms with E-state index in [1.807, 2.05) is 12.1 Å². The molecular formula is C27H26N2O7S. The molecule has 0 aliphatic carbocycles. The van der Waals surface area contributed by atoms with Gasteiger partial charge in [-0.3, -0.25) is 9.36 Å². The van der Waals surface area contributed by atoms with Gasteiger partial charge >= 0.3 is 11.9 Å². The molecule has 0 amide bonds. The molecule has 1 aliphatic heterocycles. The minimum absolute atomic E-state index is 0.0528. The van der Waals surface area contributed by atoms with Gasteiger partial charge in [0, 0.05) is 11.1 Å². The highest BCUT2D eigenvalue weighted by Gasteiger charge is 2.41. The third-order valence-corrected chi connectivity index (χ3v) is 7.03. The van der Waals surface area contributed by atoms with Crippen LogP contribution in [0, 0.1) is 0 Å². The molecule has 0 saturated heterocycles. The van der Waals surface area contributed by atoms with Crippen LogP contribution in [0.2, 0.25) is 0 Å². The Balaban J connectivity index is 2.15. The SMILES string of the molecule is CCOC(=O)C1=C(N)n2c(s/c(=C\c3ccccc3OC)c2=O)=C(C(=O)OC)[C@@H]1c1ccccc1OC. The van der Waals surface area contributed by atoms with Crippen LogP contribution in [0.5, 0.6) is 11.5 Å². The van der Waals surface area contributed by atoms with Crippen LogP contribution in [-0.4, -0.2) is 44.4 Å². The first-order valence-electron chi connectivity index (χ1n) is 11.4. The number of thiazole rings is 1. The molecule has 192 valence electrons. The van der Waals surface area contributed by atoms with Crippen molar-refractivity contribution in [1.29, 1.82) is 0 Å². The van der Waals surface area contributed by atoms with Gasteiger partial charge in [0.05, 0.1) is 49.5 Å². The topological polar surface area (TPSA) is 119 Å². The van der Waals surface area contributed by atoms with Gasteiger partial charge in [0.1, 0.15) is 22.0 Å². The predicted octanol–water partition coefficient (Wildman–Crippen LogP) is 1.57. The highest BCUT2D eigenvalue weighted by Crippen LogP contribution is 2.41. The van der Waals surface area contributed by atoms with Crippen molar-refractivity contribution in [2.45, 2.75) is 12.8 Å². The number of aromatic nitrogens is 1. The molecule has 0 bridgehead atoms. The molecule has 0 unspecified atom stereocenters. The van der Waals surface area contributed by atoms with Crippen molar-refractivity contribution < 1.29 is 28.5 Å². The summed E-state index contributed by atoms with van der Waals surface area (Å²) in [6.45, 7) is 1.73. The molecule has 0 spiro atoms. The quantitative estimate of drug-likeness (QED) is 0.465.